The van der Waals surface area contributed by atoms with Crippen LogP contribution in [0.25, 0.3) is 0 Å². The second-order valence-corrected chi connectivity index (χ2v) is 8.88. The molecule has 1 saturated carbocycles. The largest absolute Gasteiger partial charge is 0.495 e. The molecule has 0 amide bonds. The molecule has 1 saturated heterocycles. The van der Waals surface area contributed by atoms with Crippen LogP contribution in [-0.2, 0) is 16.0 Å². The van der Waals surface area contributed by atoms with Crippen molar-refractivity contribution in [3.8, 4) is 5.75 Å². The molecule has 6 heteroatoms. The normalized spacial score (nSPS) is 22.7. The molecule has 30 heavy (non-hydrogen) atoms. The fraction of sp³-hybridized carbons (Fsp3) is 0.417. The number of benzene rings is 2. The molecule has 2 fully saturated rings. The third-order valence-electron chi connectivity index (χ3n) is 7.00. The van der Waals surface area contributed by atoms with Crippen molar-refractivity contribution in [1.29, 1.82) is 0 Å². The predicted molar refractivity (Wildman–Crippen MR) is 118 cm³/mol. The molecule has 1 atom stereocenters. The van der Waals surface area contributed by atoms with Crippen LogP contribution >= 0.6 is 11.6 Å². The maximum atomic E-state index is 13.4. The van der Waals surface area contributed by atoms with Gasteiger partial charge in [0.15, 0.2) is 0 Å². The van der Waals surface area contributed by atoms with Crippen LogP contribution in [0.2, 0.25) is 5.02 Å². The molecule has 2 heterocycles. The number of ketones is 2. The molecule has 2 aromatic rings. The highest BCUT2D eigenvalue weighted by molar-refractivity contribution is 6.31. The SMILES string of the molecule is COc1ccccc1N1CCN2c3cc(Cl)ccc3CC3(C(=O)CCCC3=O)C2C1. The van der Waals surface area contributed by atoms with E-state index in [9.17, 15) is 9.59 Å². The lowest BCUT2D eigenvalue weighted by atomic mass is 9.61. The highest BCUT2D eigenvalue weighted by Crippen LogP contribution is 2.48. The van der Waals surface area contributed by atoms with Gasteiger partial charge in [0.1, 0.15) is 22.7 Å². The lowest BCUT2D eigenvalue weighted by Gasteiger charge is -2.55. The van der Waals surface area contributed by atoms with Gasteiger partial charge in [-0.1, -0.05) is 29.8 Å². The van der Waals surface area contributed by atoms with Crippen molar-refractivity contribution in [3.05, 3.63) is 53.1 Å². The third kappa shape index (κ3) is 2.83. The summed E-state index contributed by atoms with van der Waals surface area (Å²) in [4.78, 5) is 31.2. The number of carbonyl (C=O) groups excluding carboxylic acids is 2. The molecule has 2 aliphatic heterocycles. The fourth-order valence-corrected chi connectivity index (χ4v) is 5.72. The molecule has 0 radical (unpaired) electrons. The average molecular weight is 425 g/mol. The number of piperazine rings is 1. The third-order valence-corrected chi connectivity index (χ3v) is 7.24. The summed E-state index contributed by atoms with van der Waals surface area (Å²) in [5, 5.41) is 0.678. The number of halogens is 1. The Kier molecular flexibility index (Phi) is 4.73. The molecule has 5 nitrogen and oxygen atoms in total. The van der Waals surface area contributed by atoms with Crippen molar-refractivity contribution in [3.63, 3.8) is 0 Å². The molecule has 0 N–H and O–H groups in total. The van der Waals surface area contributed by atoms with Crippen molar-refractivity contribution in [2.24, 2.45) is 5.41 Å². The maximum absolute atomic E-state index is 13.4. The molecular formula is C24H25ClN2O3. The van der Waals surface area contributed by atoms with Crippen LogP contribution in [-0.4, -0.2) is 44.4 Å². The smallest absolute Gasteiger partial charge is 0.148 e. The van der Waals surface area contributed by atoms with E-state index in [1.165, 1.54) is 0 Å². The number of hydrogen-bond donors (Lipinski definition) is 0. The Balaban J connectivity index is 1.61. The summed E-state index contributed by atoms with van der Waals surface area (Å²) in [6, 6.07) is 13.5. The molecule has 5 rings (SSSR count). The van der Waals surface area contributed by atoms with Gasteiger partial charge in [-0.15, -0.1) is 0 Å². The van der Waals surface area contributed by atoms with Crippen LogP contribution in [0.1, 0.15) is 24.8 Å². The van der Waals surface area contributed by atoms with Crippen molar-refractivity contribution in [2.45, 2.75) is 31.7 Å². The zero-order valence-electron chi connectivity index (χ0n) is 17.1. The zero-order chi connectivity index (χ0) is 20.9. The van der Waals surface area contributed by atoms with E-state index in [4.69, 9.17) is 16.3 Å². The molecule has 0 bridgehead atoms. The number of carbonyl (C=O) groups is 2. The Bertz CT molecular complexity index is 1010. The van der Waals surface area contributed by atoms with E-state index in [1.54, 1.807) is 7.11 Å². The van der Waals surface area contributed by atoms with Gasteiger partial charge in [0, 0.05) is 43.2 Å². The van der Waals surface area contributed by atoms with E-state index in [0.717, 1.165) is 35.8 Å². The number of fused-ring (bicyclic) bond motifs is 4. The Hall–Kier alpha value is -2.53. The standard InChI is InChI=1S/C24H25ClN2O3/c1-30-20-6-3-2-5-18(20)26-11-12-27-19-13-17(25)10-9-16(19)14-24(21(27)15-26)22(28)7-4-8-23(24)29/h2-3,5-6,9-10,13,21H,4,7-8,11-12,14-15H2,1H3. The minimum absolute atomic E-state index is 0.0937. The topological polar surface area (TPSA) is 49.9 Å². The summed E-state index contributed by atoms with van der Waals surface area (Å²) in [6.45, 7) is 2.10. The van der Waals surface area contributed by atoms with Crippen LogP contribution in [0.5, 0.6) is 5.75 Å². The predicted octanol–water partition coefficient (Wildman–Crippen LogP) is 3.91. The van der Waals surface area contributed by atoms with Gasteiger partial charge < -0.3 is 14.5 Å². The van der Waals surface area contributed by atoms with Crippen LogP contribution < -0.4 is 14.5 Å². The van der Waals surface area contributed by atoms with E-state index < -0.39 is 5.41 Å². The van der Waals surface area contributed by atoms with Crippen LogP contribution in [0.15, 0.2) is 42.5 Å². The highest BCUT2D eigenvalue weighted by atomic mass is 35.5. The minimum Gasteiger partial charge on any atom is -0.495 e. The second-order valence-electron chi connectivity index (χ2n) is 8.45. The van der Waals surface area contributed by atoms with Gasteiger partial charge in [0.2, 0.25) is 0 Å². The summed E-state index contributed by atoms with van der Waals surface area (Å²) in [7, 11) is 1.67. The number of methoxy groups -OCH3 is 1. The van der Waals surface area contributed by atoms with Gasteiger partial charge in [-0.3, -0.25) is 9.59 Å². The van der Waals surface area contributed by atoms with Gasteiger partial charge in [-0.05, 0) is 42.7 Å². The summed E-state index contributed by atoms with van der Waals surface area (Å²) in [5.41, 5.74) is 2.14. The number of hydrogen-bond acceptors (Lipinski definition) is 5. The number of Topliss-reactive ketones (excluding diaryl/α,β-unsaturated/α-hetero) is 2. The van der Waals surface area contributed by atoms with E-state index in [-0.39, 0.29) is 17.6 Å². The van der Waals surface area contributed by atoms with Crippen molar-refractivity contribution < 1.29 is 14.3 Å². The highest BCUT2D eigenvalue weighted by Gasteiger charge is 2.58. The number of ether oxygens (including phenoxy) is 1. The quantitative estimate of drug-likeness (QED) is 0.684. The first-order chi connectivity index (χ1) is 14.5. The van der Waals surface area contributed by atoms with Crippen LogP contribution in [0, 0.1) is 5.41 Å². The molecule has 3 aliphatic rings. The average Bonchev–Trinajstić information content (AvgIpc) is 2.77. The van der Waals surface area contributed by atoms with Gasteiger partial charge in [0.25, 0.3) is 0 Å². The van der Waals surface area contributed by atoms with E-state index >= 15 is 0 Å². The van der Waals surface area contributed by atoms with Crippen molar-refractivity contribution >= 4 is 34.5 Å². The number of rotatable bonds is 2. The zero-order valence-corrected chi connectivity index (χ0v) is 17.8. The van der Waals surface area contributed by atoms with Gasteiger partial charge in [-0.25, -0.2) is 0 Å². The first-order valence-corrected chi connectivity index (χ1v) is 10.9. The van der Waals surface area contributed by atoms with E-state index in [1.807, 2.05) is 42.5 Å². The lowest BCUT2D eigenvalue weighted by molar-refractivity contribution is -0.146. The number of para-hydroxylation sites is 2. The summed E-state index contributed by atoms with van der Waals surface area (Å²) in [6.07, 6.45) is 2.09. The fourth-order valence-electron chi connectivity index (χ4n) is 5.55. The number of nitrogens with zero attached hydrogens (tertiary/aromatic N) is 2. The summed E-state index contributed by atoms with van der Waals surface area (Å²) < 4.78 is 5.58. The second kappa shape index (κ2) is 7.31. The number of anilines is 2. The monoisotopic (exact) mass is 424 g/mol. The summed E-state index contributed by atoms with van der Waals surface area (Å²) >= 11 is 6.32. The van der Waals surface area contributed by atoms with Crippen LogP contribution in [0.3, 0.4) is 0 Å². The Morgan fingerprint density at radius 3 is 2.57 bits per heavy atom. The molecule has 1 spiro atoms. The first-order valence-electron chi connectivity index (χ1n) is 10.5. The molecule has 2 aromatic carbocycles. The Morgan fingerprint density at radius 2 is 1.80 bits per heavy atom. The van der Waals surface area contributed by atoms with Gasteiger partial charge >= 0.3 is 0 Å². The van der Waals surface area contributed by atoms with Gasteiger partial charge in [-0.2, -0.15) is 0 Å². The molecule has 0 aromatic heterocycles. The minimum atomic E-state index is -0.972. The molecular weight excluding hydrogens is 400 g/mol. The van der Waals surface area contributed by atoms with Gasteiger partial charge in [0.05, 0.1) is 18.8 Å². The van der Waals surface area contributed by atoms with Crippen LogP contribution in [0.4, 0.5) is 11.4 Å². The van der Waals surface area contributed by atoms with Crippen molar-refractivity contribution in [1.82, 2.24) is 0 Å². The Morgan fingerprint density at radius 1 is 1.03 bits per heavy atom. The molecule has 1 aliphatic carbocycles. The lowest BCUT2D eigenvalue weighted by Crippen LogP contribution is -2.68. The summed E-state index contributed by atoms with van der Waals surface area (Å²) in [5.74, 6) is 0.994. The molecule has 156 valence electrons. The maximum Gasteiger partial charge on any atom is 0.148 e. The first kappa shape index (κ1) is 19.4. The molecule has 1 unspecified atom stereocenters. The Labute approximate surface area is 181 Å². The van der Waals surface area contributed by atoms with E-state index in [0.29, 0.717) is 37.3 Å². The van der Waals surface area contributed by atoms with E-state index in [2.05, 4.69) is 9.80 Å². The van der Waals surface area contributed by atoms with Crippen molar-refractivity contribution in [2.75, 3.05) is 36.5 Å².